The highest BCUT2D eigenvalue weighted by Crippen LogP contribution is 2.26. The number of hydrogen-bond acceptors (Lipinski definition) is 4. The molecule has 2 aromatic rings. The van der Waals surface area contributed by atoms with E-state index in [1.165, 1.54) is 17.7 Å². The number of nitrogens with zero attached hydrogens (tertiary/aromatic N) is 3. The van der Waals surface area contributed by atoms with Gasteiger partial charge in [0, 0.05) is 56.9 Å². The molecule has 0 saturated carbocycles. The molecule has 1 fully saturated rings. The van der Waals surface area contributed by atoms with Crippen molar-refractivity contribution in [3.63, 3.8) is 0 Å². The van der Waals surface area contributed by atoms with Crippen molar-refractivity contribution in [3.05, 3.63) is 60.2 Å². The van der Waals surface area contributed by atoms with Crippen LogP contribution in [0.5, 0.6) is 0 Å². The first-order chi connectivity index (χ1) is 11.2. The van der Waals surface area contributed by atoms with Crippen LogP contribution in [0.4, 0.5) is 0 Å². The van der Waals surface area contributed by atoms with Crippen LogP contribution in [0.15, 0.2) is 48.9 Å². The Kier molecular flexibility index (Phi) is 7.16. The highest BCUT2D eigenvalue weighted by atomic mass is 35.5. The summed E-state index contributed by atoms with van der Waals surface area (Å²) in [5, 5.41) is 3.50. The molecular formula is C19H27ClN4. The third-order valence-electron chi connectivity index (χ3n) is 4.60. The van der Waals surface area contributed by atoms with Crippen molar-refractivity contribution in [3.8, 4) is 0 Å². The van der Waals surface area contributed by atoms with Crippen LogP contribution < -0.4 is 5.32 Å². The van der Waals surface area contributed by atoms with Crippen LogP contribution in [0.25, 0.3) is 0 Å². The Hall–Kier alpha value is -1.49. The van der Waals surface area contributed by atoms with Crippen molar-refractivity contribution < 1.29 is 0 Å². The number of nitrogens with one attached hydrogen (secondary N) is 1. The highest BCUT2D eigenvalue weighted by Gasteiger charge is 2.30. The molecule has 0 aromatic carbocycles. The molecule has 3 rings (SSSR count). The molecule has 1 atom stereocenters. The monoisotopic (exact) mass is 346 g/mol. The Balaban J connectivity index is 0.00000208. The molecule has 0 aliphatic carbocycles. The minimum atomic E-state index is 0. The average Bonchev–Trinajstić information content (AvgIpc) is 3.01. The van der Waals surface area contributed by atoms with Gasteiger partial charge in [-0.05, 0) is 42.1 Å². The van der Waals surface area contributed by atoms with Crippen LogP contribution in [0.3, 0.4) is 0 Å². The standard InChI is InChI=1S/C19H26N4.ClH/c1-19(8-11-21-15-19)16-23(14-17-5-4-9-20-13-17)12-7-18-6-2-3-10-22-18;/h2-6,9-10,13,21H,7-8,11-12,14-16H2,1H3;1H. The van der Waals surface area contributed by atoms with Gasteiger partial charge in [-0.3, -0.25) is 14.9 Å². The molecule has 4 nitrogen and oxygen atoms in total. The molecule has 1 N–H and O–H groups in total. The van der Waals surface area contributed by atoms with Crippen LogP contribution in [-0.2, 0) is 13.0 Å². The van der Waals surface area contributed by atoms with Gasteiger partial charge in [0.1, 0.15) is 0 Å². The Morgan fingerprint density at radius 3 is 2.79 bits per heavy atom. The predicted molar refractivity (Wildman–Crippen MR) is 100 cm³/mol. The fourth-order valence-electron chi connectivity index (χ4n) is 3.33. The van der Waals surface area contributed by atoms with Crippen molar-refractivity contribution in [1.29, 1.82) is 0 Å². The van der Waals surface area contributed by atoms with E-state index in [0.717, 1.165) is 39.1 Å². The van der Waals surface area contributed by atoms with Crippen LogP contribution in [-0.4, -0.2) is 41.0 Å². The van der Waals surface area contributed by atoms with E-state index in [0.29, 0.717) is 5.41 Å². The first-order valence-corrected chi connectivity index (χ1v) is 8.45. The lowest BCUT2D eigenvalue weighted by molar-refractivity contribution is 0.171. The summed E-state index contributed by atoms with van der Waals surface area (Å²) in [4.78, 5) is 11.3. The maximum Gasteiger partial charge on any atom is 0.0416 e. The zero-order chi connectivity index (χ0) is 16.0. The van der Waals surface area contributed by atoms with Gasteiger partial charge in [-0.15, -0.1) is 12.4 Å². The number of hydrogen-bond donors (Lipinski definition) is 1. The van der Waals surface area contributed by atoms with Crippen LogP contribution in [0.2, 0.25) is 0 Å². The van der Waals surface area contributed by atoms with Gasteiger partial charge in [0.2, 0.25) is 0 Å². The van der Waals surface area contributed by atoms with Gasteiger partial charge in [0.05, 0.1) is 0 Å². The van der Waals surface area contributed by atoms with Crippen molar-refractivity contribution in [2.45, 2.75) is 26.3 Å². The second-order valence-corrected chi connectivity index (χ2v) is 6.88. The fraction of sp³-hybridized carbons (Fsp3) is 0.474. The SMILES string of the molecule is CC1(CN(CCc2ccccn2)Cc2cccnc2)CCNC1.Cl. The van der Waals surface area contributed by atoms with Gasteiger partial charge in [-0.1, -0.05) is 19.1 Å². The lowest BCUT2D eigenvalue weighted by Gasteiger charge is -2.32. The lowest BCUT2D eigenvalue weighted by Crippen LogP contribution is -2.38. The van der Waals surface area contributed by atoms with Gasteiger partial charge in [0.25, 0.3) is 0 Å². The zero-order valence-electron chi connectivity index (χ0n) is 14.3. The molecule has 0 amide bonds. The second-order valence-electron chi connectivity index (χ2n) is 6.88. The van der Waals surface area contributed by atoms with E-state index in [2.05, 4.69) is 45.3 Å². The minimum absolute atomic E-state index is 0. The van der Waals surface area contributed by atoms with E-state index in [9.17, 15) is 0 Å². The van der Waals surface area contributed by atoms with Crippen molar-refractivity contribution in [1.82, 2.24) is 20.2 Å². The van der Waals surface area contributed by atoms with Crippen LogP contribution in [0.1, 0.15) is 24.6 Å². The maximum absolute atomic E-state index is 4.46. The smallest absolute Gasteiger partial charge is 0.0416 e. The summed E-state index contributed by atoms with van der Waals surface area (Å²) in [7, 11) is 0. The molecule has 2 aromatic heterocycles. The van der Waals surface area contributed by atoms with Gasteiger partial charge in [-0.2, -0.15) is 0 Å². The number of rotatable bonds is 7. The normalized spacial score (nSPS) is 20.1. The predicted octanol–water partition coefficient (Wildman–Crippen LogP) is 2.94. The van der Waals surface area contributed by atoms with Crippen molar-refractivity contribution >= 4 is 12.4 Å². The largest absolute Gasteiger partial charge is 0.316 e. The Bertz CT molecular complexity index is 585. The third kappa shape index (κ3) is 5.55. The number of halogens is 1. The summed E-state index contributed by atoms with van der Waals surface area (Å²) in [6.45, 7) is 7.74. The molecular weight excluding hydrogens is 320 g/mol. The van der Waals surface area contributed by atoms with E-state index in [1.54, 1.807) is 0 Å². The first-order valence-electron chi connectivity index (χ1n) is 8.45. The molecule has 3 heterocycles. The zero-order valence-corrected chi connectivity index (χ0v) is 15.1. The van der Waals surface area contributed by atoms with Gasteiger partial charge >= 0.3 is 0 Å². The summed E-state index contributed by atoms with van der Waals surface area (Å²) in [6, 6.07) is 10.3. The van der Waals surface area contributed by atoms with Crippen LogP contribution >= 0.6 is 12.4 Å². The van der Waals surface area contributed by atoms with Gasteiger partial charge in [0.15, 0.2) is 0 Å². The Morgan fingerprint density at radius 2 is 2.12 bits per heavy atom. The molecule has 5 heteroatoms. The molecule has 1 aliphatic heterocycles. The van der Waals surface area contributed by atoms with E-state index >= 15 is 0 Å². The Morgan fingerprint density at radius 1 is 1.21 bits per heavy atom. The molecule has 0 spiro atoms. The van der Waals surface area contributed by atoms with E-state index < -0.39 is 0 Å². The number of aromatic nitrogens is 2. The second kappa shape index (κ2) is 9.11. The topological polar surface area (TPSA) is 41.1 Å². The van der Waals surface area contributed by atoms with Crippen molar-refractivity contribution in [2.24, 2.45) is 5.41 Å². The maximum atomic E-state index is 4.46. The van der Waals surface area contributed by atoms with Gasteiger partial charge < -0.3 is 5.32 Å². The van der Waals surface area contributed by atoms with E-state index in [-0.39, 0.29) is 12.4 Å². The highest BCUT2D eigenvalue weighted by molar-refractivity contribution is 5.85. The molecule has 0 bridgehead atoms. The summed E-state index contributed by atoms with van der Waals surface area (Å²) < 4.78 is 0. The first kappa shape index (κ1) is 18.8. The molecule has 1 aliphatic rings. The quantitative estimate of drug-likeness (QED) is 0.837. The number of pyridine rings is 2. The molecule has 1 saturated heterocycles. The Labute approximate surface area is 151 Å². The van der Waals surface area contributed by atoms with Crippen LogP contribution in [0, 0.1) is 5.41 Å². The summed E-state index contributed by atoms with van der Waals surface area (Å²) >= 11 is 0. The lowest BCUT2D eigenvalue weighted by atomic mass is 9.89. The summed E-state index contributed by atoms with van der Waals surface area (Å²) in [5.41, 5.74) is 2.81. The molecule has 1 unspecified atom stereocenters. The molecule has 24 heavy (non-hydrogen) atoms. The minimum Gasteiger partial charge on any atom is -0.316 e. The third-order valence-corrected chi connectivity index (χ3v) is 4.60. The molecule has 0 radical (unpaired) electrons. The van der Waals surface area contributed by atoms with E-state index in [1.807, 2.05) is 30.7 Å². The molecule has 130 valence electrons. The van der Waals surface area contributed by atoms with Crippen molar-refractivity contribution in [2.75, 3.05) is 26.2 Å². The fourth-order valence-corrected chi connectivity index (χ4v) is 3.33. The van der Waals surface area contributed by atoms with E-state index in [4.69, 9.17) is 0 Å². The summed E-state index contributed by atoms with van der Waals surface area (Å²) in [5.74, 6) is 0. The average molecular weight is 347 g/mol. The summed E-state index contributed by atoms with van der Waals surface area (Å²) in [6.07, 6.45) is 7.93. The van der Waals surface area contributed by atoms with Gasteiger partial charge in [-0.25, -0.2) is 0 Å².